The molecule has 2 aliphatic heterocycles. The SMILES string of the molecule is COc1ccc([C@@H]2c3sc(=O)n(CC(=O)Nc4ccccc4)c3S[C@H]3C(=O)N(c4ccc(Br)cc4)C(=O)[C@@H]23)cc1OC. The summed E-state index contributed by atoms with van der Waals surface area (Å²) >= 11 is 5.56. The van der Waals surface area contributed by atoms with Crippen LogP contribution in [0.2, 0.25) is 0 Å². The van der Waals surface area contributed by atoms with Crippen LogP contribution in [0.15, 0.2) is 87.1 Å². The molecule has 42 heavy (non-hydrogen) atoms. The first kappa shape index (κ1) is 28.3. The number of fused-ring (bicyclic) bond motifs is 2. The summed E-state index contributed by atoms with van der Waals surface area (Å²) in [6.07, 6.45) is 0. The van der Waals surface area contributed by atoms with Gasteiger partial charge in [-0.2, -0.15) is 0 Å². The number of rotatable bonds is 7. The van der Waals surface area contributed by atoms with E-state index in [2.05, 4.69) is 21.2 Å². The molecular formula is C30H24BrN3O6S2. The first-order chi connectivity index (χ1) is 20.3. The van der Waals surface area contributed by atoms with Gasteiger partial charge in [0.05, 0.1) is 30.9 Å². The fourth-order valence-corrected chi connectivity index (χ4v) is 8.41. The van der Waals surface area contributed by atoms with E-state index in [4.69, 9.17) is 9.47 Å². The minimum absolute atomic E-state index is 0.235. The van der Waals surface area contributed by atoms with Crippen LogP contribution in [0.1, 0.15) is 16.4 Å². The third kappa shape index (κ3) is 4.93. The van der Waals surface area contributed by atoms with Crippen molar-refractivity contribution in [3.8, 4) is 11.5 Å². The Labute approximate surface area is 257 Å². The van der Waals surface area contributed by atoms with Gasteiger partial charge in [-0.3, -0.25) is 23.7 Å². The number of hydrogen-bond donors (Lipinski definition) is 1. The zero-order valence-corrected chi connectivity index (χ0v) is 25.6. The second-order valence-corrected chi connectivity index (χ2v) is 12.7. The number of nitrogens with one attached hydrogen (secondary N) is 1. The fraction of sp³-hybridized carbons (Fsp3) is 0.200. The number of halogens is 1. The van der Waals surface area contributed by atoms with E-state index in [1.807, 2.05) is 12.1 Å². The molecule has 4 aromatic rings. The molecule has 9 nitrogen and oxygen atoms in total. The standard InChI is InChI=1S/C30H24BrN3O6S2/c1-39-20-13-8-16(14-21(20)40-2)23-24-25(28(37)34(27(24)36)19-11-9-17(31)10-12-19)41-29-26(23)42-30(38)33(29)15-22(35)32-18-6-4-3-5-7-18/h3-14,23-25H,15H2,1-2H3,(H,32,35)/t23-,24-,25+/m0/s1. The zero-order valence-electron chi connectivity index (χ0n) is 22.4. The minimum atomic E-state index is -0.802. The van der Waals surface area contributed by atoms with E-state index in [1.54, 1.807) is 60.7 Å². The van der Waals surface area contributed by atoms with Crippen LogP contribution in [0.5, 0.6) is 11.5 Å². The zero-order chi connectivity index (χ0) is 29.5. The van der Waals surface area contributed by atoms with Crippen LogP contribution in [0, 0.1) is 5.92 Å². The smallest absolute Gasteiger partial charge is 0.308 e. The number of carbonyl (C=O) groups is 3. The van der Waals surface area contributed by atoms with E-state index in [0.717, 1.165) is 15.8 Å². The fourth-order valence-electron chi connectivity index (χ4n) is 5.37. The molecule has 12 heteroatoms. The van der Waals surface area contributed by atoms with Gasteiger partial charge < -0.3 is 14.8 Å². The maximum Gasteiger partial charge on any atom is 0.308 e. The van der Waals surface area contributed by atoms with Gasteiger partial charge in [0.25, 0.3) is 0 Å². The number of anilines is 2. The van der Waals surface area contributed by atoms with Gasteiger partial charge in [-0.1, -0.05) is 63.3 Å². The summed E-state index contributed by atoms with van der Waals surface area (Å²) in [5, 5.41) is 2.52. The van der Waals surface area contributed by atoms with E-state index in [-0.39, 0.29) is 29.1 Å². The third-order valence-electron chi connectivity index (χ3n) is 7.26. The van der Waals surface area contributed by atoms with Crippen molar-refractivity contribution in [2.75, 3.05) is 24.4 Å². The van der Waals surface area contributed by atoms with Crippen LogP contribution >= 0.6 is 39.0 Å². The first-order valence-electron chi connectivity index (χ1n) is 12.9. The van der Waals surface area contributed by atoms with Crippen molar-refractivity contribution in [2.45, 2.75) is 22.7 Å². The molecule has 3 aromatic carbocycles. The normalized spacial score (nSPS) is 19.3. The molecule has 1 fully saturated rings. The van der Waals surface area contributed by atoms with E-state index >= 15 is 0 Å². The molecule has 0 radical (unpaired) electrons. The number of methoxy groups -OCH3 is 2. The van der Waals surface area contributed by atoms with Crippen LogP contribution in [0.25, 0.3) is 0 Å². The highest BCUT2D eigenvalue weighted by Gasteiger charge is 2.57. The summed E-state index contributed by atoms with van der Waals surface area (Å²) in [6, 6.07) is 21.3. The Kier molecular flexibility index (Phi) is 7.69. The van der Waals surface area contributed by atoms with Crippen LogP contribution in [-0.4, -0.2) is 41.8 Å². The molecule has 0 unspecified atom stereocenters. The summed E-state index contributed by atoms with van der Waals surface area (Å²) < 4.78 is 13.2. The van der Waals surface area contributed by atoms with E-state index in [1.165, 1.54) is 35.4 Å². The summed E-state index contributed by atoms with van der Waals surface area (Å²) in [4.78, 5) is 55.8. The number of para-hydroxylation sites is 1. The number of nitrogens with zero attached hydrogens (tertiary/aromatic N) is 2. The van der Waals surface area contributed by atoms with Gasteiger partial charge in [0, 0.05) is 21.0 Å². The Morgan fingerprint density at radius 1 is 0.929 bits per heavy atom. The largest absolute Gasteiger partial charge is 0.493 e. The summed E-state index contributed by atoms with van der Waals surface area (Å²) in [6.45, 7) is -0.235. The van der Waals surface area contributed by atoms with Crippen molar-refractivity contribution < 1.29 is 23.9 Å². The Morgan fingerprint density at radius 2 is 1.64 bits per heavy atom. The average Bonchev–Trinajstić information content (AvgIpc) is 3.44. The number of aromatic nitrogens is 1. The van der Waals surface area contributed by atoms with Crippen LogP contribution in [0.4, 0.5) is 11.4 Å². The lowest BCUT2D eigenvalue weighted by Crippen LogP contribution is -2.33. The van der Waals surface area contributed by atoms with Crippen molar-refractivity contribution >= 4 is 68.1 Å². The van der Waals surface area contributed by atoms with Gasteiger partial charge in [-0.25, -0.2) is 4.90 Å². The Bertz CT molecular complexity index is 1760. The number of hydrogen-bond acceptors (Lipinski definition) is 8. The van der Waals surface area contributed by atoms with Gasteiger partial charge in [0.2, 0.25) is 17.7 Å². The molecule has 1 N–H and O–H groups in total. The quantitative estimate of drug-likeness (QED) is 0.273. The second kappa shape index (κ2) is 11.4. The van der Waals surface area contributed by atoms with E-state index in [0.29, 0.717) is 38.3 Å². The molecule has 214 valence electrons. The molecule has 1 saturated heterocycles. The second-order valence-electron chi connectivity index (χ2n) is 9.68. The van der Waals surface area contributed by atoms with E-state index in [9.17, 15) is 19.2 Å². The number of benzene rings is 3. The Balaban J connectivity index is 1.45. The Morgan fingerprint density at radius 3 is 2.33 bits per heavy atom. The molecule has 0 spiro atoms. The highest BCUT2D eigenvalue weighted by Crippen LogP contribution is 2.54. The molecule has 1 aromatic heterocycles. The lowest BCUT2D eigenvalue weighted by Gasteiger charge is -2.31. The molecule has 0 bridgehead atoms. The lowest BCUT2D eigenvalue weighted by molar-refractivity contribution is -0.122. The molecule has 6 rings (SSSR count). The van der Waals surface area contributed by atoms with Crippen LogP contribution < -0.4 is 24.6 Å². The van der Waals surface area contributed by atoms with Gasteiger partial charge in [-0.05, 0) is 54.1 Å². The third-order valence-corrected chi connectivity index (χ3v) is 10.4. The monoisotopic (exact) mass is 665 g/mol. The Hall–Kier alpha value is -3.87. The summed E-state index contributed by atoms with van der Waals surface area (Å²) in [5.41, 5.74) is 1.78. The molecule has 3 heterocycles. The van der Waals surface area contributed by atoms with Gasteiger partial charge in [0.1, 0.15) is 11.8 Å². The van der Waals surface area contributed by atoms with Gasteiger partial charge in [0.15, 0.2) is 11.5 Å². The maximum absolute atomic E-state index is 14.1. The number of ether oxygens (including phenoxy) is 2. The summed E-state index contributed by atoms with van der Waals surface area (Å²) in [5.74, 6) is -1.52. The molecule has 3 atom stereocenters. The number of thioether (sulfide) groups is 1. The predicted octanol–water partition coefficient (Wildman–Crippen LogP) is 5.12. The number of amides is 3. The topological polar surface area (TPSA) is 107 Å². The van der Waals surface area contributed by atoms with Gasteiger partial charge in [-0.15, -0.1) is 0 Å². The minimum Gasteiger partial charge on any atom is -0.493 e. The number of imide groups is 1. The number of carbonyl (C=O) groups excluding carboxylic acids is 3. The van der Waals surface area contributed by atoms with Gasteiger partial charge >= 0.3 is 4.87 Å². The molecule has 0 saturated carbocycles. The maximum atomic E-state index is 14.1. The van der Waals surface area contributed by atoms with Crippen molar-refractivity contribution in [1.82, 2.24) is 4.57 Å². The van der Waals surface area contributed by atoms with Crippen LogP contribution in [-0.2, 0) is 20.9 Å². The van der Waals surface area contributed by atoms with Crippen LogP contribution in [0.3, 0.4) is 0 Å². The van der Waals surface area contributed by atoms with Crippen molar-refractivity contribution in [3.63, 3.8) is 0 Å². The molecular weight excluding hydrogens is 642 g/mol. The lowest BCUT2D eigenvalue weighted by atomic mass is 9.83. The average molecular weight is 667 g/mol. The van der Waals surface area contributed by atoms with E-state index < -0.39 is 17.1 Å². The summed E-state index contributed by atoms with van der Waals surface area (Å²) in [7, 11) is 3.05. The number of thiazole rings is 1. The highest BCUT2D eigenvalue weighted by atomic mass is 79.9. The van der Waals surface area contributed by atoms with Crippen molar-refractivity contribution in [1.29, 1.82) is 0 Å². The van der Waals surface area contributed by atoms with Crippen molar-refractivity contribution in [3.05, 3.63) is 97.4 Å². The highest BCUT2D eigenvalue weighted by molar-refractivity contribution is 9.10. The molecule has 0 aliphatic carbocycles. The predicted molar refractivity (Wildman–Crippen MR) is 165 cm³/mol. The first-order valence-corrected chi connectivity index (χ1v) is 15.4. The molecule has 3 amide bonds. The van der Waals surface area contributed by atoms with Crippen molar-refractivity contribution in [2.24, 2.45) is 5.92 Å². The molecule has 2 aliphatic rings.